The Morgan fingerprint density at radius 2 is 1.38 bits per heavy atom. The number of hydrogen-bond donors (Lipinski definition) is 0. The van der Waals surface area contributed by atoms with Crippen molar-refractivity contribution in [3.05, 3.63) is 16.1 Å². The zero-order valence-corrected chi connectivity index (χ0v) is 17.9. The molecule has 0 saturated carbocycles. The second-order valence-corrected chi connectivity index (χ2v) is 6.79. The van der Waals surface area contributed by atoms with Crippen LogP contribution in [0.25, 0.3) is 0 Å². The summed E-state index contributed by atoms with van der Waals surface area (Å²) in [7, 11) is 1.36. The summed E-state index contributed by atoms with van der Waals surface area (Å²) in [6.45, 7) is 7.96. The van der Waals surface area contributed by atoms with Crippen LogP contribution in [0.1, 0.15) is 69.7 Å². The van der Waals surface area contributed by atoms with E-state index in [-0.39, 0.29) is 0 Å². The summed E-state index contributed by atoms with van der Waals surface area (Å²) in [4.78, 5) is 12.2. The monoisotopic (exact) mass is 430 g/mol. The van der Waals surface area contributed by atoms with Gasteiger partial charge in [-0.2, -0.15) is 0 Å². The average Bonchev–Trinajstić information content (AvgIpc) is 2.65. The van der Waals surface area contributed by atoms with E-state index in [4.69, 9.17) is 18.9 Å². The van der Waals surface area contributed by atoms with Gasteiger partial charge in [0.25, 0.3) is 0 Å². The maximum absolute atomic E-state index is 12.2. The first kappa shape index (κ1) is 22.6. The van der Waals surface area contributed by atoms with Crippen molar-refractivity contribution in [2.24, 2.45) is 0 Å². The molecule has 26 heavy (non-hydrogen) atoms. The molecule has 0 fully saturated rings. The number of esters is 1. The third kappa shape index (κ3) is 6.71. The van der Waals surface area contributed by atoms with Crippen LogP contribution >= 0.6 is 15.9 Å². The number of benzene rings is 1. The van der Waals surface area contributed by atoms with Crippen molar-refractivity contribution in [1.82, 2.24) is 0 Å². The number of carbonyl (C=O) groups excluding carboxylic acids is 1. The molecule has 0 aliphatic heterocycles. The van der Waals surface area contributed by atoms with Gasteiger partial charge in [-0.3, -0.25) is 0 Å². The molecule has 0 aromatic heterocycles. The normalized spacial score (nSPS) is 10.5. The van der Waals surface area contributed by atoms with Gasteiger partial charge < -0.3 is 18.9 Å². The van der Waals surface area contributed by atoms with Gasteiger partial charge in [0.2, 0.25) is 5.75 Å². The fraction of sp³-hybridized carbons (Fsp3) is 0.650. The predicted molar refractivity (Wildman–Crippen MR) is 107 cm³/mol. The van der Waals surface area contributed by atoms with Gasteiger partial charge in [-0.1, -0.05) is 40.0 Å². The molecule has 148 valence electrons. The summed E-state index contributed by atoms with van der Waals surface area (Å²) in [6, 6.07) is 1.67. The number of ether oxygens (including phenoxy) is 4. The lowest BCUT2D eigenvalue weighted by Crippen LogP contribution is -2.10. The molecular weight excluding hydrogens is 400 g/mol. The van der Waals surface area contributed by atoms with Gasteiger partial charge in [0.1, 0.15) is 0 Å². The topological polar surface area (TPSA) is 54.0 Å². The summed E-state index contributed by atoms with van der Waals surface area (Å²) in [5, 5.41) is 0. The first-order valence-corrected chi connectivity index (χ1v) is 10.2. The van der Waals surface area contributed by atoms with Gasteiger partial charge in [0.15, 0.2) is 11.5 Å². The molecule has 0 aliphatic carbocycles. The summed E-state index contributed by atoms with van der Waals surface area (Å²) in [5.41, 5.74) is 0.369. The van der Waals surface area contributed by atoms with Crippen LogP contribution in [0.4, 0.5) is 0 Å². The third-order valence-electron chi connectivity index (χ3n) is 3.79. The molecule has 0 radical (unpaired) electrons. The van der Waals surface area contributed by atoms with Crippen LogP contribution in [-0.2, 0) is 4.74 Å². The molecule has 1 rings (SSSR count). The lowest BCUT2D eigenvalue weighted by Gasteiger charge is -2.20. The van der Waals surface area contributed by atoms with Crippen LogP contribution < -0.4 is 14.2 Å². The van der Waals surface area contributed by atoms with Gasteiger partial charge in [-0.15, -0.1) is 0 Å². The molecule has 6 heteroatoms. The zero-order valence-electron chi connectivity index (χ0n) is 16.4. The minimum absolute atomic E-state index is 0.369. The Morgan fingerprint density at radius 3 is 1.88 bits per heavy atom. The summed E-state index contributed by atoms with van der Waals surface area (Å²) in [6.07, 6.45) is 5.82. The molecule has 0 N–H and O–H groups in total. The highest BCUT2D eigenvalue weighted by Gasteiger charge is 2.24. The Bertz CT molecular complexity index is 560. The largest absolute Gasteiger partial charge is 0.490 e. The molecule has 0 saturated heterocycles. The maximum Gasteiger partial charge on any atom is 0.339 e. The molecule has 0 heterocycles. The number of methoxy groups -OCH3 is 1. The lowest BCUT2D eigenvalue weighted by atomic mass is 10.1. The van der Waals surface area contributed by atoms with Crippen LogP contribution in [0.3, 0.4) is 0 Å². The van der Waals surface area contributed by atoms with Crippen molar-refractivity contribution in [1.29, 1.82) is 0 Å². The van der Waals surface area contributed by atoms with Gasteiger partial charge in [0.05, 0.1) is 37.0 Å². The number of rotatable bonds is 13. The molecule has 0 spiro atoms. The quantitative estimate of drug-likeness (QED) is 0.293. The molecule has 5 nitrogen and oxygen atoms in total. The lowest BCUT2D eigenvalue weighted by molar-refractivity contribution is 0.0598. The van der Waals surface area contributed by atoms with Gasteiger partial charge in [-0.05, 0) is 41.3 Å². The van der Waals surface area contributed by atoms with Crippen molar-refractivity contribution < 1.29 is 23.7 Å². The highest BCUT2D eigenvalue weighted by atomic mass is 79.9. The van der Waals surface area contributed by atoms with Crippen molar-refractivity contribution in [2.45, 2.75) is 59.3 Å². The number of halogens is 1. The Hall–Kier alpha value is -1.43. The SMILES string of the molecule is CCCCOc1cc(C(=O)OC)c(Br)c(OCCCC)c1OCCCC. The second kappa shape index (κ2) is 12.8. The van der Waals surface area contributed by atoms with Gasteiger partial charge >= 0.3 is 5.97 Å². The average molecular weight is 431 g/mol. The molecule has 0 bridgehead atoms. The number of carbonyl (C=O) groups is 1. The molecule has 1 aromatic carbocycles. The minimum atomic E-state index is -0.447. The van der Waals surface area contributed by atoms with E-state index in [1.54, 1.807) is 6.07 Å². The summed E-state index contributed by atoms with van der Waals surface area (Å²) in [5.74, 6) is 1.12. The van der Waals surface area contributed by atoms with Crippen LogP contribution in [0.5, 0.6) is 17.2 Å². The molecule has 0 atom stereocenters. The van der Waals surface area contributed by atoms with Crippen LogP contribution in [-0.4, -0.2) is 32.9 Å². The van der Waals surface area contributed by atoms with E-state index in [2.05, 4.69) is 36.7 Å². The molecule has 0 unspecified atom stereocenters. The van der Waals surface area contributed by atoms with E-state index >= 15 is 0 Å². The maximum atomic E-state index is 12.2. The molecular formula is C20H31BrO5. The Labute approximate surface area is 165 Å². The summed E-state index contributed by atoms with van der Waals surface area (Å²) >= 11 is 3.49. The zero-order chi connectivity index (χ0) is 19.4. The first-order chi connectivity index (χ1) is 12.6. The highest BCUT2D eigenvalue weighted by Crippen LogP contribution is 2.45. The number of hydrogen-bond acceptors (Lipinski definition) is 5. The molecule has 0 amide bonds. The number of unbranched alkanes of at least 4 members (excludes halogenated alkanes) is 3. The summed E-state index contributed by atoms with van der Waals surface area (Å²) < 4.78 is 23.3. The fourth-order valence-electron chi connectivity index (χ4n) is 2.19. The van der Waals surface area contributed by atoms with Crippen molar-refractivity contribution in [2.75, 3.05) is 26.9 Å². The van der Waals surface area contributed by atoms with Gasteiger partial charge in [0, 0.05) is 0 Å². The van der Waals surface area contributed by atoms with E-state index in [1.807, 2.05) is 0 Å². The standard InChI is InChI=1S/C20H31BrO5/c1-5-8-11-24-16-14-15(20(22)23-4)17(21)19(26-13-10-7-3)18(16)25-12-9-6-2/h14H,5-13H2,1-4H3. The highest BCUT2D eigenvalue weighted by molar-refractivity contribution is 9.10. The molecule has 0 aliphatic rings. The molecule has 1 aromatic rings. The second-order valence-electron chi connectivity index (χ2n) is 5.99. The van der Waals surface area contributed by atoms with Crippen LogP contribution in [0.2, 0.25) is 0 Å². The smallest absolute Gasteiger partial charge is 0.339 e. The van der Waals surface area contributed by atoms with Crippen molar-refractivity contribution >= 4 is 21.9 Å². The van der Waals surface area contributed by atoms with E-state index in [1.165, 1.54) is 7.11 Å². The van der Waals surface area contributed by atoms with E-state index in [0.29, 0.717) is 47.1 Å². The van der Waals surface area contributed by atoms with E-state index < -0.39 is 5.97 Å². The van der Waals surface area contributed by atoms with Crippen LogP contribution in [0, 0.1) is 0 Å². The Kier molecular flexibility index (Phi) is 11.2. The first-order valence-electron chi connectivity index (χ1n) is 9.43. The fourth-order valence-corrected chi connectivity index (χ4v) is 2.76. The Balaban J connectivity index is 3.29. The van der Waals surface area contributed by atoms with Crippen molar-refractivity contribution in [3.63, 3.8) is 0 Å². The predicted octanol–water partition coefficient (Wildman–Crippen LogP) is 5.77. The van der Waals surface area contributed by atoms with Crippen molar-refractivity contribution in [3.8, 4) is 17.2 Å². The van der Waals surface area contributed by atoms with Crippen LogP contribution in [0.15, 0.2) is 10.5 Å². The third-order valence-corrected chi connectivity index (χ3v) is 4.58. The van der Waals surface area contributed by atoms with Gasteiger partial charge in [-0.25, -0.2) is 4.79 Å². The minimum Gasteiger partial charge on any atom is -0.490 e. The van der Waals surface area contributed by atoms with E-state index in [0.717, 1.165) is 38.5 Å². The van der Waals surface area contributed by atoms with E-state index in [9.17, 15) is 4.79 Å². The Morgan fingerprint density at radius 1 is 0.885 bits per heavy atom.